The molecule has 1 heterocycles. The van der Waals surface area contributed by atoms with Crippen LogP contribution in [0.2, 0.25) is 0 Å². The van der Waals surface area contributed by atoms with Gasteiger partial charge in [0, 0.05) is 18.2 Å². The summed E-state index contributed by atoms with van der Waals surface area (Å²) in [4.78, 5) is 13.6. The molecular weight excluding hydrogens is 150 g/mol. The van der Waals surface area contributed by atoms with Crippen LogP contribution in [0, 0.1) is 0 Å². The average Bonchev–Trinajstić information content (AvgIpc) is 2.30. The Labute approximate surface area is 74.2 Å². The Hall–Kier alpha value is -0.790. The summed E-state index contributed by atoms with van der Waals surface area (Å²) in [6.07, 6.45) is 0.930. The lowest BCUT2D eigenvalue weighted by atomic mass is 10.1. The molecule has 1 saturated heterocycles. The number of hydrogen-bond donors (Lipinski definition) is 0. The minimum atomic E-state index is 0.241. The first-order chi connectivity index (χ1) is 5.54. The molecule has 0 spiro atoms. The van der Waals surface area contributed by atoms with Gasteiger partial charge in [0.2, 0.25) is 5.91 Å². The lowest BCUT2D eigenvalue weighted by Crippen LogP contribution is -2.32. The number of allylic oxidation sites excluding steroid dienone is 1. The molecule has 1 aliphatic rings. The summed E-state index contributed by atoms with van der Waals surface area (Å²) >= 11 is 0. The topological polar surface area (TPSA) is 20.3 Å². The van der Waals surface area contributed by atoms with Crippen LogP contribution < -0.4 is 0 Å². The minimum Gasteiger partial charge on any atom is -0.336 e. The lowest BCUT2D eigenvalue weighted by molar-refractivity contribution is -0.126. The first-order valence-corrected chi connectivity index (χ1v) is 4.51. The molecule has 2 nitrogen and oxygen atoms in total. The molecule has 0 saturated carbocycles. The third kappa shape index (κ3) is 1.52. The molecule has 0 aliphatic carbocycles. The second kappa shape index (κ2) is 3.30. The van der Waals surface area contributed by atoms with E-state index in [1.54, 1.807) is 0 Å². The van der Waals surface area contributed by atoms with E-state index < -0.39 is 0 Å². The number of rotatable bonds is 1. The zero-order chi connectivity index (χ0) is 9.30. The Morgan fingerprint density at radius 3 is 2.25 bits per heavy atom. The fraction of sp³-hybridized carbons (Fsp3) is 0.700. The standard InChI is InChI=1S/C10H17NO/c1-7(2)9-5-6-11(8(3)4)10(9)12/h8H,5-6H2,1-4H3. The molecule has 1 aliphatic heterocycles. The number of amides is 1. The van der Waals surface area contributed by atoms with E-state index in [2.05, 4.69) is 13.8 Å². The van der Waals surface area contributed by atoms with Gasteiger partial charge in [-0.15, -0.1) is 0 Å². The molecule has 1 amide bonds. The van der Waals surface area contributed by atoms with Crippen molar-refractivity contribution in [3.8, 4) is 0 Å². The summed E-state index contributed by atoms with van der Waals surface area (Å²) in [6, 6.07) is 0.342. The van der Waals surface area contributed by atoms with Crippen LogP contribution in [-0.4, -0.2) is 23.4 Å². The van der Waals surface area contributed by atoms with Crippen molar-refractivity contribution in [2.75, 3.05) is 6.54 Å². The van der Waals surface area contributed by atoms with Crippen LogP contribution in [0.5, 0.6) is 0 Å². The van der Waals surface area contributed by atoms with Gasteiger partial charge in [0.05, 0.1) is 0 Å². The van der Waals surface area contributed by atoms with E-state index in [0.29, 0.717) is 6.04 Å². The van der Waals surface area contributed by atoms with Gasteiger partial charge < -0.3 is 4.90 Å². The van der Waals surface area contributed by atoms with Gasteiger partial charge in [-0.05, 0) is 34.1 Å². The Kier molecular flexibility index (Phi) is 2.55. The summed E-state index contributed by atoms with van der Waals surface area (Å²) in [6.45, 7) is 9.04. The van der Waals surface area contributed by atoms with Crippen molar-refractivity contribution in [2.24, 2.45) is 0 Å². The van der Waals surface area contributed by atoms with Crippen molar-refractivity contribution in [3.05, 3.63) is 11.1 Å². The van der Waals surface area contributed by atoms with Gasteiger partial charge in [0.15, 0.2) is 0 Å². The maximum Gasteiger partial charge on any atom is 0.250 e. The molecule has 0 unspecified atom stereocenters. The monoisotopic (exact) mass is 167 g/mol. The van der Waals surface area contributed by atoms with Gasteiger partial charge in [0.25, 0.3) is 0 Å². The predicted molar refractivity (Wildman–Crippen MR) is 49.8 cm³/mol. The molecule has 0 aromatic carbocycles. The maximum absolute atomic E-state index is 11.7. The Bertz CT molecular complexity index is 224. The van der Waals surface area contributed by atoms with Crippen molar-refractivity contribution >= 4 is 5.91 Å². The molecule has 0 aromatic heterocycles. The molecule has 0 atom stereocenters. The fourth-order valence-corrected chi connectivity index (χ4v) is 1.57. The predicted octanol–water partition coefficient (Wildman–Crippen LogP) is 1.96. The summed E-state index contributed by atoms with van der Waals surface area (Å²) in [5.74, 6) is 0.241. The molecule has 0 radical (unpaired) electrons. The van der Waals surface area contributed by atoms with Crippen LogP contribution in [0.3, 0.4) is 0 Å². The summed E-state index contributed by atoms with van der Waals surface area (Å²) in [7, 11) is 0. The highest BCUT2D eigenvalue weighted by molar-refractivity contribution is 5.96. The van der Waals surface area contributed by atoms with E-state index >= 15 is 0 Å². The van der Waals surface area contributed by atoms with Crippen molar-refractivity contribution in [3.63, 3.8) is 0 Å². The maximum atomic E-state index is 11.7. The summed E-state index contributed by atoms with van der Waals surface area (Å²) in [5.41, 5.74) is 2.19. The SMILES string of the molecule is CC(C)=C1CCN(C(C)C)C1=O. The third-order valence-corrected chi connectivity index (χ3v) is 2.35. The Morgan fingerprint density at radius 1 is 1.42 bits per heavy atom. The molecule has 68 valence electrons. The van der Waals surface area contributed by atoms with Gasteiger partial charge in [-0.1, -0.05) is 5.57 Å². The molecule has 1 fully saturated rings. The highest BCUT2D eigenvalue weighted by atomic mass is 16.2. The van der Waals surface area contributed by atoms with Gasteiger partial charge in [-0.25, -0.2) is 0 Å². The first-order valence-electron chi connectivity index (χ1n) is 4.51. The second-order valence-corrected chi connectivity index (χ2v) is 3.82. The van der Waals surface area contributed by atoms with Gasteiger partial charge in [0.1, 0.15) is 0 Å². The van der Waals surface area contributed by atoms with E-state index in [-0.39, 0.29) is 5.91 Å². The van der Waals surface area contributed by atoms with Gasteiger partial charge in [-0.3, -0.25) is 4.79 Å². The molecule has 1 rings (SSSR count). The van der Waals surface area contributed by atoms with E-state index in [1.807, 2.05) is 18.7 Å². The molecular formula is C10H17NO. The van der Waals surface area contributed by atoms with Crippen molar-refractivity contribution in [1.29, 1.82) is 0 Å². The van der Waals surface area contributed by atoms with Gasteiger partial charge >= 0.3 is 0 Å². The fourth-order valence-electron chi connectivity index (χ4n) is 1.57. The van der Waals surface area contributed by atoms with E-state index in [4.69, 9.17) is 0 Å². The number of likely N-dealkylation sites (tertiary alicyclic amines) is 1. The number of carbonyl (C=O) groups excluding carboxylic acids is 1. The van der Waals surface area contributed by atoms with Crippen LogP contribution >= 0.6 is 0 Å². The quantitative estimate of drug-likeness (QED) is 0.547. The number of nitrogens with zero attached hydrogens (tertiary/aromatic N) is 1. The van der Waals surface area contributed by atoms with Crippen molar-refractivity contribution in [1.82, 2.24) is 4.90 Å². The van der Waals surface area contributed by atoms with Crippen LogP contribution in [-0.2, 0) is 4.79 Å². The zero-order valence-electron chi connectivity index (χ0n) is 8.35. The van der Waals surface area contributed by atoms with Crippen LogP contribution in [0.25, 0.3) is 0 Å². The van der Waals surface area contributed by atoms with E-state index in [1.165, 1.54) is 5.57 Å². The highest BCUT2D eigenvalue weighted by Crippen LogP contribution is 2.21. The summed E-state index contributed by atoms with van der Waals surface area (Å²) < 4.78 is 0. The highest BCUT2D eigenvalue weighted by Gasteiger charge is 2.27. The Balaban J connectivity index is 2.82. The molecule has 0 aromatic rings. The van der Waals surface area contributed by atoms with Crippen molar-refractivity contribution in [2.45, 2.75) is 40.2 Å². The van der Waals surface area contributed by atoms with Crippen LogP contribution in [0.1, 0.15) is 34.1 Å². The Morgan fingerprint density at radius 2 is 2.00 bits per heavy atom. The normalized spacial score (nSPS) is 17.9. The third-order valence-electron chi connectivity index (χ3n) is 2.35. The van der Waals surface area contributed by atoms with E-state index in [0.717, 1.165) is 18.5 Å². The molecule has 0 bridgehead atoms. The summed E-state index contributed by atoms with van der Waals surface area (Å²) in [5, 5.41) is 0. The lowest BCUT2D eigenvalue weighted by Gasteiger charge is -2.19. The molecule has 2 heteroatoms. The average molecular weight is 167 g/mol. The minimum absolute atomic E-state index is 0.241. The largest absolute Gasteiger partial charge is 0.336 e. The smallest absolute Gasteiger partial charge is 0.250 e. The molecule has 0 N–H and O–H groups in total. The van der Waals surface area contributed by atoms with Crippen LogP contribution in [0.4, 0.5) is 0 Å². The van der Waals surface area contributed by atoms with Gasteiger partial charge in [-0.2, -0.15) is 0 Å². The molecule has 12 heavy (non-hydrogen) atoms. The van der Waals surface area contributed by atoms with Crippen LogP contribution in [0.15, 0.2) is 11.1 Å². The number of hydrogen-bond acceptors (Lipinski definition) is 1. The zero-order valence-corrected chi connectivity index (χ0v) is 8.35. The van der Waals surface area contributed by atoms with Crippen molar-refractivity contribution < 1.29 is 4.79 Å². The first kappa shape index (κ1) is 9.30. The van der Waals surface area contributed by atoms with E-state index in [9.17, 15) is 4.79 Å². The number of carbonyl (C=O) groups is 1. The second-order valence-electron chi connectivity index (χ2n) is 3.82.